The predicted octanol–water partition coefficient (Wildman–Crippen LogP) is 7.10. The van der Waals surface area contributed by atoms with Gasteiger partial charge in [-0.2, -0.15) is 0 Å². The number of carbonyl (C=O) groups excluding carboxylic acids is 1. The van der Waals surface area contributed by atoms with Crippen LogP contribution in [0.1, 0.15) is 15.9 Å². The summed E-state index contributed by atoms with van der Waals surface area (Å²) >= 11 is 0. The largest absolute Gasteiger partial charge is 0.455 e. The van der Waals surface area contributed by atoms with Crippen LogP contribution in [-0.4, -0.2) is 10.9 Å². The van der Waals surface area contributed by atoms with Gasteiger partial charge in [0.1, 0.15) is 11.2 Å². The van der Waals surface area contributed by atoms with Gasteiger partial charge in [-0.3, -0.25) is 9.78 Å². The zero-order valence-corrected chi connectivity index (χ0v) is 19.9. The fourth-order valence-corrected chi connectivity index (χ4v) is 4.44. The lowest BCUT2D eigenvalue weighted by Gasteiger charge is -2.11. The molecular formula is C31H24N4O2. The van der Waals surface area contributed by atoms with E-state index in [-0.39, 0.29) is 5.91 Å². The molecule has 0 radical (unpaired) electrons. The van der Waals surface area contributed by atoms with Crippen LogP contribution in [0.5, 0.6) is 0 Å². The SMILES string of the molecule is NCc1ccc(C(=O)Nc2cccc(Nc3ccnc(-c4cccc5c4oc4ccccc45)c3)c2)cc1. The molecule has 1 amide bonds. The average molecular weight is 485 g/mol. The van der Waals surface area contributed by atoms with Gasteiger partial charge in [0.2, 0.25) is 0 Å². The van der Waals surface area contributed by atoms with Crippen molar-refractivity contribution in [3.8, 4) is 11.3 Å². The third kappa shape index (κ3) is 4.53. The number of carbonyl (C=O) groups is 1. The van der Waals surface area contributed by atoms with Crippen LogP contribution in [0, 0.1) is 0 Å². The Morgan fingerprint density at radius 1 is 0.784 bits per heavy atom. The number of nitrogens with one attached hydrogen (secondary N) is 2. The van der Waals surface area contributed by atoms with Gasteiger partial charge in [-0.05, 0) is 60.2 Å². The quantitative estimate of drug-likeness (QED) is 0.234. The summed E-state index contributed by atoms with van der Waals surface area (Å²) < 4.78 is 6.19. The zero-order valence-electron chi connectivity index (χ0n) is 19.9. The molecular weight excluding hydrogens is 460 g/mol. The van der Waals surface area contributed by atoms with E-state index in [1.807, 2.05) is 78.9 Å². The third-order valence-corrected chi connectivity index (χ3v) is 6.30. The minimum Gasteiger partial charge on any atom is -0.455 e. The molecule has 0 unspecified atom stereocenters. The number of nitrogens with zero attached hydrogens (tertiary/aromatic N) is 1. The maximum atomic E-state index is 12.7. The number of aromatic nitrogens is 1. The van der Waals surface area contributed by atoms with Crippen LogP contribution in [0.25, 0.3) is 33.2 Å². The van der Waals surface area contributed by atoms with Gasteiger partial charge in [0.15, 0.2) is 0 Å². The van der Waals surface area contributed by atoms with Gasteiger partial charge < -0.3 is 20.8 Å². The molecule has 0 aliphatic carbocycles. The van der Waals surface area contributed by atoms with Crippen molar-refractivity contribution in [3.63, 3.8) is 0 Å². The first kappa shape index (κ1) is 22.5. The van der Waals surface area contributed by atoms with Gasteiger partial charge >= 0.3 is 0 Å². The normalized spacial score (nSPS) is 11.1. The third-order valence-electron chi connectivity index (χ3n) is 6.30. The maximum absolute atomic E-state index is 12.7. The Morgan fingerprint density at radius 3 is 2.41 bits per heavy atom. The Bertz CT molecular complexity index is 1740. The summed E-state index contributed by atoms with van der Waals surface area (Å²) in [5.41, 5.74) is 13.0. The Labute approximate surface area is 213 Å². The van der Waals surface area contributed by atoms with Crippen LogP contribution >= 0.6 is 0 Å². The van der Waals surface area contributed by atoms with Crippen LogP contribution in [0.15, 0.2) is 114 Å². The van der Waals surface area contributed by atoms with Crippen molar-refractivity contribution in [2.45, 2.75) is 6.54 Å². The molecule has 37 heavy (non-hydrogen) atoms. The van der Waals surface area contributed by atoms with E-state index in [1.54, 1.807) is 18.3 Å². The standard InChI is InChI=1S/C31H24N4O2/c32-19-20-11-13-21(14-12-20)31(36)35-23-6-3-5-22(17-23)34-24-15-16-33-28(18-24)27-9-4-8-26-25-7-1-2-10-29(25)37-30(26)27/h1-18H,19,32H2,(H,33,34)(H,35,36). The highest BCUT2D eigenvalue weighted by Gasteiger charge is 2.13. The molecule has 0 aliphatic heterocycles. The molecule has 0 fully saturated rings. The van der Waals surface area contributed by atoms with Crippen LogP contribution in [-0.2, 0) is 6.54 Å². The highest BCUT2D eigenvalue weighted by Crippen LogP contribution is 2.35. The van der Waals surface area contributed by atoms with E-state index in [4.69, 9.17) is 10.2 Å². The molecule has 2 aromatic heterocycles. The molecule has 0 saturated heterocycles. The van der Waals surface area contributed by atoms with Gasteiger partial charge in [-0.15, -0.1) is 0 Å². The zero-order chi connectivity index (χ0) is 25.2. The van der Waals surface area contributed by atoms with Gasteiger partial charge in [0.05, 0.1) is 5.69 Å². The number of para-hydroxylation sites is 2. The number of hydrogen-bond donors (Lipinski definition) is 3. The van der Waals surface area contributed by atoms with E-state index >= 15 is 0 Å². The molecule has 0 bridgehead atoms. The van der Waals surface area contributed by atoms with E-state index < -0.39 is 0 Å². The first-order valence-corrected chi connectivity index (χ1v) is 12.0. The molecule has 0 atom stereocenters. The van der Waals surface area contributed by atoms with Gasteiger partial charge in [0, 0.05) is 51.7 Å². The maximum Gasteiger partial charge on any atom is 0.255 e. The van der Waals surface area contributed by atoms with Crippen molar-refractivity contribution in [2.75, 3.05) is 10.6 Å². The van der Waals surface area contributed by atoms with Gasteiger partial charge in [0.25, 0.3) is 5.91 Å². The number of amides is 1. The van der Waals surface area contributed by atoms with Crippen molar-refractivity contribution in [1.29, 1.82) is 0 Å². The lowest BCUT2D eigenvalue weighted by molar-refractivity contribution is 0.102. The van der Waals surface area contributed by atoms with E-state index in [1.165, 1.54) is 0 Å². The molecule has 6 rings (SSSR count). The molecule has 180 valence electrons. The summed E-state index contributed by atoms with van der Waals surface area (Å²) in [7, 11) is 0. The minimum atomic E-state index is -0.175. The molecule has 6 aromatic rings. The summed E-state index contributed by atoms with van der Waals surface area (Å²) in [5, 5.41) is 8.53. The molecule has 4 N–H and O–H groups in total. The Hall–Kier alpha value is -4.94. The first-order chi connectivity index (χ1) is 18.2. The number of anilines is 3. The second-order valence-corrected chi connectivity index (χ2v) is 8.77. The fraction of sp³-hybridized carbons (Fsp3) is 0.0323. The number of nitrogens with two attached hydrogens (primary N) is 1. The molecule has 6 heteroatoms. The molecule has 0 spiro atoms. The number of rotatable bonds is 6. The van der Waals surface area contributed by atoms with E-state index in [9.17, 15) is 4.79 Å². The Morgan fingerprint density at radius 2 is 1.54 bits per heavy atom. The van der Waals surface area contributed by atoms with Crippen molar-refractivity contribution < 1.29 is 9.21 Å². The van der Waals surface area contributed by atoms with E-state index in [2.05, 4.69) is 27.8 Å². The number of furan rings is 1. The summed E-state index contributed by atoms with van der Waals surface area (Å²) in [6.07, 6.45) is 1.77. The highest BCUT2D eigenvalue weighted by atomic mass is 16.3. The van der Waals surface area contributed by atoms with Crippen LogP contribution in [0.2, 0.25) is 0 Å². The van der Waals surface area contributed by atoms with E-state index in [0.717, 1.165) is 50.1 Å². The summed E-state index contributed by atoms with van der Waals surface area (Å²) in [5.74, 6) is -0.175. The topological polar surface area (TPSA) is 93.2 Å². The second-order valence-electron chi connectivity index (χ2n) is 8.77. The monoisotopic (exact) mass is 484 g/mol. The Balaban J connectivity index is 1.25. The number of benzene rings is 4. The number of pyridine rings is 1. The summed E-state index contributed by atoms with van der Waals surface area (Å²) in [6.45, 7) is 0.444. The summed E-state index contributed by atoms with van der Waals surface area (Å²) in [6, 6.07) is 32.9. The first-order valence-electron chi connectivity index (χ1n) is 12.0. The van der Waals surface area contributed by atoms with Crippen molar-refractivity contribution in [2.24, 2.45) is 5.73 Å². The predicted molar refractivity (Wildman–Crippen MR) is 149 cm³/mol. The average Bonchev–Trinajstić information content (AvgIpc) is 3.32. The van der Waals surface area contributed by atoms with E-state index in [0.29, 0.717) is 17.8 Å². The van der Waals surface area contributed by atoms with Crippen LogP contribution in [0.4, 0.5) is 17.1 Å². The van der Waals surface area contributed by atoms with Crippen molar-refractivity contribution >= 4 is 44.9 Å². The molecule has 0 aliphatic rings. The number of fused-ring (bicyclic) bond motifs is 3. The van der Waals surface area contributed by atoms with Gasteiger partial charge in [-0.25, -0.2) is 0 Å². The second kappa shape index (κ2) is 9.60. The Kier molecular flexibility index (Phi) is 5.84. The molecule has 0 saturated carbocycles. The molecule has 4 aromatic carbocycles. The van der Waals surface area contributed by atoms with Gasteiger partial charge in [-0.1, -0.05) is 48.5 Å². The minimum absolute atomic E-state index is 0.175. The van der Waals surface area contributed by atoms with Crippen LogP contribution in [0.3, 0.4) is 0 Å². The van der Waals surface area contributed by atoms with Crippen molar-refractivity contribution in [1.82, 2.24) is 4.98 Å². The fourth-order valence-electron chi connectivity index (χ4n) is 4.44. The van der Waals surface area contributed by atoms with Crippen molar-refractivity contribution in [3.05, 3.63) is 120 Å². The number of hydrogen-bond acceptors (Lipinski definition) is 5. The molecule has 2 heterocycles. The lowest BCUT2D eigenvalue weighted by Crippen LogP contribution is -2.12. The smallest absolute Gasteiger partial charge is 0.255 e. The lowest BCUT2D eigenvalue weighted by atomic mass is 10.1. The molecule has 6 nitrogen and oxygen atoms in total. The highest BCUT2D eigenvalue weighted by molar-refractivity contribution is 6.09. The summed E-state index contributed by atoms with van der Waals surface area (Å²) in [4.78, 5) is 17.3. The van der Waals surface area contributed by atoms with Crippen LogP contribution < -0.4 is 16.4 Å².